The Labute approximate surface area is 125 Å². The van der Waals surface area contributed by atoms with E-state index >= 15 is 0 Å². The van der Waals surface area contributed by atoms with Crippen molar-refractivity contribution in [2.45, 2.75) is 12.7 Å². The van der Waals surface area contributed by atoms with Gasteiger partial charge in [-0.15, -0.1) is 0 Å². The van der Waals surface area contributed by atoms with Gasteiger partial charge in [0, 0.05) is 6.54 Å². The molecule has 0 unspecified atom stereocenters. The Balaban J connectivity index is 2.15. The number of amides is 1. The predicted octanol–water partition coefficient (Wildman–Crippen LogP) is 4.13. The topological polar surface area (TPSA) is 42.2 Å². The monoisotopic (exact) mass is 365 g/mol. The van der Waals surface area contributed by atoms with Gasteiger partial charge in [-0.25, -0.2) is 4.39 Å². The molecule has 2 aromatic rings. The van der Waals surface area contributed by atoms with Crippen LogP contribution in [0.2, 0.25) is 0 Å². The van der Waals surface area contributed by atoms with Crippen LogP contribution in [0.5, 0.6) is 0 Å². The second kappa shape index (κ2) is 5.88. The Bertz CT molecular complexity index is 666. The average Bonchev–Trinajstić information content (AvgIpc) is 2.82. The maximum atomic E-state index is 12.9. The van der Waals surface area contributed by atoms with Gasteiger partial charge < -0.3 is 9.73 Å². The molecule has 0 aliphatic rings. The van der Waals surface area contributed by atoms with Crippen LogP contribution in [0.4, 0.5) is 17.6 Å². The number of alkyl halides is 3. The summed E-state index contributed by atoms with van der Waals surface area (Å²) in [5.41, 5.74) is -1.36. The highest BCUT2D eigenvalue weighted by molar-refractivity contribution is 9.10. The fraction of sp³-hybridized carbons (Fsp3) is 0.154. The smallest absolute Gasteiger partial charge is 0.416 e. The Hall–Kier alpha value is -1.83. The van der Waals surface area contributed by atoms with Gasteiger partial charge in [0.25, 0.3) is 5.91 Å². The van der Waals surface area contributed by atoms with Gasteiger partial charge in [-0.1, -0.05) is 6.07 Å². The van der Waals surface area contributed by atoms with Gasteiger partial charge in [-0.05, 0) is 45.8 Å². The number of carbonyl (C=O) groups excluding carboxylic acids is 1. The third kappa shape index (κ3) is 3.84. The van der Waals surface area contributed by atoms with Gasteiger partial charge in [-0.3, -0.25) is 4.79 Å². The van der Waals surface area contributed by atoms with E-state index in [-0.39, 0.29) is 11.3 Å². The summed E-state index contributed by atoms with van der Waals surface area (Å²) in [6.45, 7) is -0.397. The van der Waals surface area contributed by atoms with Crippen LogP contribution in [-0.4, -0.2) is 5.91 Å². The molecule has 112 valence electrons. The number of rotatable bonds is 3. The van der Waals surface area contributed by atoms with Crippen LogP contribution in [0, 0.1) is 5.82 Å². The number of halogens is 5. The first-order chi connectivity index (χ1) is 9.77. The van der Waals surface area contributed by atoms with Gasteiger partial charge in [0.05, 0.1) is 5.56 Å². The molecule has 1 heterocycles. The average molecular weight is 366 g/mol. The highest BCUT2D eigenvalue weighted by Gasteiger charge is 2.33. The van der Waals surface area contributed by atoms with Gasteiger partial charge in [0.15, 0.2) is 10.4 Å². The third-order valence-corrected chi connectivity index (χ3v) is 3.04. The number of furan rings is 1. The summed E-state index contributed by atoms with van der Waals surface area (Å²) in [4.78, 5) is 11.7. The molecule has 2 rings (SSSR count). The Kier molecular flexibility index (Phi) is 4.36. The quantitative estimate of drug-likeness (QED) is 0.831. The SMILES string of the molecule is O=C(NCc1ccc(F)cc1C(F)(F)F)c1ccc(Br)o1. The molecule has 1 amide bonds. The van der Waals surface area contributed by atoms with Crippen molar-refractivity contribution in [2.75, 3.05) is 0 Å². The number of hydrogen-bond donors (Lipinski definition) is 1. The summed E-state index contributed by atoms with van der Waals surface area (Å²) in [5.74, 6) is -1.71. The van der Waals surface area contributed by atoms with Crippen LogP contribution in [0.1, 0.15) is 21.7 Å². The Morgan fingerprint density at radius 1 is 1.24 bits per heavy atom. The number of carbonyl (C=O) groups is 1. The lowest BCUT2D eigenvalue weighted by atomic mass is 10.1. The van der Waals surface area contributed by atoms with Gasteiger partial charge in [0.2, 0.25) is 0 Å². The molecular weight excluding hydrogens is 358 g/mol. The molecule has 8 heteroatoms. The fourth-order valence-corrected chi connectivity index (χ4v) is 1.97. The van der Waals surface area contributed by atoms with Crippen molar-refractivity contribution in [3.63, 3.8) is 0 Å². The van der Waals surface area contributed by atoms with Crippen LogP contribution in [-0.2, 0) is 12.7 Å². The standard InChI is InChI=1S/C13H8BrF4NO2/c14-11-4-3-10(21-11)12(20)19-6-7-1-2-8(15)5-9(7)13(16,17)18/h1-5H,6H2,(H,19,20). The van der Waals surface area contributed by atoms with Gasteiger partial charge in [0.1, 0.15) is 5.82 Å². The van der Waals surface area contributed by atoms with Crippen LogP contribution in [0.25, 0.3) is 0 Å². The van der Waals surface area contributed by atoms with E-state index < -0.39 is 30.0 Å². The fourth-order valence-electron chi connectivity index (χ4n) is 1.67. The first kappa shape index (κ1) is 15.6. The molecule has 0 aliphatic carbocycles. The van der Waals surface area contributed by atoms with Crippen LogP contribution < -0.4 is 5.32 Å². The van der Waals surface area contributed by atoms with E-state index in [1.165, 1.54) is 12.1 Å². The van der Waals surface area contributed by atoms with Crippen molar-refractivity contribution in [1.29, 1.82) is 0 Å². The zero-order valence-corrected chi connectivity index (χ0v) is 11.9. The van der Waals surface area contributed by atoms with Crippen molar-refractivity contribution in [1.82, 2.24) is 5.32 Å². The first-order valence-electron chi connectivity index (χ1n) is 5.66. The van der Waals surface area contributed by atoms with Crippen LogP contribution in [0.15, 0.2) is 39.4 Å². The summed E-state index contributed by atoms with van der Waals surface area (Å²) in [6, 6.07) is 5.13. The highest BCUT2D eigenvalue weighted by Crippen LogP contribution is 2.32. The molecule has 1 N–H and O–H groups in total. The predicted molar refractivity (Wildman–Crippen MR) is 69.0 cm³/mol. The molecule has 0 spiro atoms. The maximum absolute atomic E-state index is 12.9. The third-order valence-electron chi connectivity index (χ3n) is 2.61. The molecule has 0 radical (unpaired) electrons. The number of nitrogens with one attached hydrogen (secondary N) is 1. The first-order valence-corrected chi connectivity index (χ1v) is 6.46. The van der Waals surface area contributed by atoms with Crippen molar-refractivity contribution in [3.05, 3.63) is 57.7 Å². The van der Waals surface area contributed by atoms with Crippen molar-refractivity contribution < 1.29 is 26.8 Å². The van der Waals surface area contributed by atoms with E-state index in [4.69, 9.17) is 4.42 Å². The minimum absolute atomic E-state index is 0.0439. The summed E-state index contributed by atoms with van der Waals surface area (Å²) in [7, 11) is 0. The number of benzene rings is 1. The van der Waals surface area contributed by atoms with Crippen LogP contribution in [0.3, 0.4) is 0 Å². The summed E-state index contributed by atoms with van der Waals surface area (Å²) < 4.78 is 56.6. The Morgan fingerprint density at radius 2 is 1.95 bits per heavy atom. The lowest BCUT2D eigenvalue weighted by Crippen LogP contribution is -2.24. The van der Waals surface area contributed by atoms with E-state index in [0.29, 0.717) is 10.7 Å². The molecule has 0 saturated heterocycles. The van der Waals surface area contributed by atoms with E-state index in [0.717, 1.165) is 12.1 Å². The van der Waals surface area contributed by atoms with E-state index in [1.54, 1.807) is 0 Å². The normalized spacial score (nSPS) is 11.5. The lowest BCUT2D eigenvalue weighted by Gasteiger charge is -2.13. The molecule has 0 aliphatic heterocycles. The van der Waals surface area contributed by atoms with Crippen molar-refractivity contribution in [2.24, 2.45) is 0 Å². The van der Waals surface area contributed by atoms with E-state index in [9.17, 15) is 22.4 Å². The summed E-state index contributed by atoms with van der Waals surface area (Å²) in [5, 5.41) is 2.28. The molecule has 3 nitrogen and oxygen atoms in total. The maximum Gasteiger partial charge on any atom is 0.416 e. The van der Waals surface area contributed by atoms with Crippen molar-refractivity contribution in [3.8, 4) is 0 Å². The van der Waals surface area contributed by atoms with Gasteiger partial charge >= 0.3 is 6.18 Å². The molecule has 1 aromatic heterocycles. The molecule has 0 bridgehead atoms. The highest BCUT2D eigenvalue weighted by atomic mass is 79.9. The molecule has 21 heavy (non-hydrogen) atoms. The molecule has 0 fully saturated rings. The van der Waals surface area contributed by atoms with Crippen molar-refractivity contribution >= 4 is 21.8 Å². The second-order valence-corrected chi connectivity index (χ2v) is 4.87. The lowest BCUT2D eigenvalue weighted by molar-refractivity contribution is -0.138. The minimum atomic E-state index is -4.70. The number of hydrogen-bond acceptors (Lipinski definition) is 2. The molecular formula is C13H8BrF4NO2. The van der Waals surface area contributed by atoms with Gasteiger partial charge in [-0.2, -0.15) is 13.2 Å². The summed E-state index contributed by atoms with van der Waals surface area (Å²) >= 11 is 3.01. The second-order valence-electron chi connectivity index (χ2n) is 4.09. The molecule has 0 atom stereocenters. The molecule has 0 saturated carbocycles. The summed E-state index contributed by atoms with van der Waals surface area (Å²) in [6.07, 6.45) is -4.70. The minimum Gasteiger partial charge on any atom is -0.444 e. The zero-order chi connectivity index (χ0) is 15.6. The van der Waals surface area contributed by atoms with E-state index in [2.05, 4.69) is 21.2 Å². The largest absolute Gasteiger partial charge is 0.444 e. The van der Waals surface area contributed by atoms with E-state index in [1.807, 2.05) is 0 Å². The molecule has 1 aromatic carbocycles. The van der Waals surface area contributed by atoms with Crippen LogP contribution >= 0.6 is 15.9 Å². The Morgan fingerprint density at radius 3 is 2.52 bits per heavy atom. The zero-order valence-electron chi connectivity index (χ0n) is 10.3.